The van der Waals surface area contributed by atoms with Crippen molar-refractivity contribution >= 4 is 46.7 Å². The number of benzene rings is 2. The fourth-order valence-electron chi connectivity index (χ4n) is 2.51. The van der Waals surface area contributed by atoms with Gasteiger partial charge in [0.05, 0.1) is 27.4 Å². The van der Waals surface area contributed by atoms with Gasteiger partial charge in [-0.2, -0.15) is 0 Å². The molecule has 1 aliphatic rings. The predicted molar refractivity (Wildman–Crippen MR) is 100.0 cm³/mol. The van der Waals surface area contributed by atoms with Gasteiger partial charge in [0, 0.05) is 17.7 Å². The van der Waals surface area contributed by atoms with Crippen molar-refractivity contribution in [2.45, 2.75) is 12.5 Å². The summed E-state index contributed by atoms with van der Waals surface area (Å²) in [5.41, 5.74) is 0.634. The van der Waals surface area contributed by atoms with Crippen LogP contribution in [-0.4, -0.2) is 22.7 Å². The molecule has 1 unspecified atom stereocenters. The van der Waals surface area contributed by atoms with E-state index >= 15 is 0 Å². The maximum Gasteiger partial charge on any atom is 0.269 e. The van der Waals surface area contributed by atoms with Crippen LogP contribution < -0.4 is 10.6 Å². The Kier molecular flexibility index (Phi) is 5.38. The van der Waals surface area contributed by atoms with Crippen LogP contribution in [0.15, 0.2) is 47.5 Å². The Hall–Kier alpha value is -2.97. The van der Waals surface area contributed by atoms with Gasteiger partial charge in [-0.25, -0.2) is 4.99 Å². The second-order valence-electron chi connectivity index (χ2n) is 5.68. The van der Waals surface area contributed by atoms with Crippen molar-refractivity contribution in [3.63, 3.8) is 0 Å². The summed E-state index contributed by atoms with van der Waals surface area (Å²) in [6.07, 6.45) is 0.00725. The Bertz CT molecular complexity index is 977. The third-order valence-electron chi connectivity index (χ3n) is 3.80. The fourth-order valence-corrected chi connectivity index (χ4v) is 2.81. The van der Waals surface area contributed by atoms with Crippen molar-refractivity contribution in [2.24, 2.45) is 4.99 Å². The lowest BCUT2D eigenvalue weighted by Gasteiger charge is -2.21. The third kappa shape index (κ3) is 4.42. The van der Waals surface area contributed by atoms with Crippen LogP contribution in [0.5, 0.6) is 0 Å². The molecule has 0 spiro atoms. The van der Waals surface area contributed by atoms with E-state index in [1.165, 1.54) is 36.4 Å². The van der Waals surface area contributed by atoms with Crippen LogP contribution in [0.25, 0.3) is 0 Å². The number of carbonyl (C=O) groups is 2. The Morgan fingerprint density at radius 3 is 2.70 bits per heavy atom. The number of amides is 2. The predicted octanol–water partition coefficient (Wildman–Crippen LogP) is 3.25. The number of non-ortho nitro benzene ring substituents is 1. The highest BCUT2D eigenvalue weighted by molar-refractivity contribution is 6.42. The normalized spacial score (nSPS) is 16.3. The average Bonchev–Trinajstić information content (AvgIpc) is 2.63. The molecule has 0 fully saturated rings. The molecule has 8 nitrogen and oxygen atoms in total. The van der Waals surface area contributed by atoms with Gasteiger partial charge >= 0.3 is 0 Å². The monoisotopic (exact) mass is 406 g/mol. The zero-order chi connectivity index (χ0) is 19.6. The summed E-state index contributed by atoms with van der Waals surface area (Å²) in [4.78, 5) is 39.0. The molecule has 2 amide bonds. The van der Waals surface area contributed by atoms with Gasteiger partial charge in [0.25, 0.3) is 11.6 Å². The van der Waals surface area contributed by atoms with Gasteiger partial charge in [0.2, 0.25) is 11.9 Å². The largest absolute Gasteiger partial charge is 0.296 e. The highest BCUT2D eigenvalue weighted by Gasteiger charge is 2.25. The second-order valence-corrected chi connectivity index (χ2v) is 6.50. The van der Waals surface area contributed by atoms with Gasteiger partial charge in [-0.15, -0.1) is 0 Å². The van der Waals surface area contributed by atoms with Crippen LogP contribution in [0.4, 0.5) is 5.69 Å². The number of nitrogens with one attached hydrogen (secondary N) is 2. The van der Waals surface area contributed by atoms with E-state index < -0.39 is 16.9 Å². The molecular formula is C17H12Cl2N4O4. The van der Waals surface area contributed by atoms with E-state index in [2.05, 4.69) is 15.6 Å². The Morgan fingerprint density at radius 2 is 2.00 bits per heavy atom. The molecule has 138 valence electrons. The molecule has 0 aromatic heterocycles. The van der Waals surface area contributed by atoms with Gasteiger partial charge in [0.1, 0.15) is 0 Å². The van der Waals surface area contributed by atoms with Gasteiger partial charge in [-0.05, 0) is 23.8 Å². The molecule has 0 saturated carbocycles. The molecule has 1 heterocycles. The summed E-state index contributed by atoms with van der Waals surface area (Å²) in [5.74, 6) is -0.947. The van der Waals surface area contributed by atoms with Crippen molar-refractivity contribution in [1.29, 1.82) is 0 Å². The van der Waals surface area contributed by atoms with Crippen molar-refractivity contribution in [2.75, 3.05) is 0 Å². The number of nitrogens with zero attached hydrogens (tertiary/aromatic N) is 2. The van der Waals surface area contributed by atoms with Gasteiger partial charge in [0.15, 0.2) is 0 Å². The number of aliphatic imine (C=N–C) groups is 1. The van der Waals surface area contributed by atoms with Crippen LogP contribution in [0.2, 0.25) is 10.0 Å². The molecule has 2 aromatic carbocycles. The quantitative estimate of drug-likeness (QED) is 0.601. The molecule has 2 N–H and O–H groups in total. The minimum Gasteiger partial charge on any atom is -0.296 e. The highest BCUT2D eigenvalue weighted by atomic mass is 35.5. The number of hydrogen-bond acceptors (Lipinski definition) is 5. The van der Waals surface area contributed by atoms with E-state index in [0.717, 1.165) is 0 Å². The molecule has 0 radical (unpaired) electrons. The van der Waals surface area contributed by atoms with Crippen molar-refractivity contribution in [1.82, 2.24) is 10.6 Å². The van der Waals surface area contributed by atoms with E-state index in [1.807, 2.05) is 0 Å². The van der Waals surface area contributed by atoms with E-state index in [1.54, 1.807) is 6.07 Å². The van der Waals surface area contributed by atoms with Crippen molar-refractivity contribution in [3.05, 3.63) is 73.8 Å². The van der Waals surface area contributed by atoms with Crippen LogP contribution in [0.1, 0.15) is 28.4 Å². The van der Waals surface area contributed by atoms with E-state index in [0.29, 0.717) is 10.6 Å². The Morgan fingerprint density at radius 1 is 1.22 bits per heavy atom. The molecule has 1 atom stereocenters. The lowest BCUT2D eigenvalue weighted by molar-refractivity contribution is -0.384. The first-order valence-electron chi connectivity index (χ1n) is 7.72. The SMILES string of the molecule is O=C1CC(c2cccc([N+](=O)[O-])c2)N=C(NC(=O)c2ccc(Cl)c(Cl)c2)N1. The molecule has 2 aromatic rings. The summed E-state index contributed by atoms with van der Waals surface area (Å²) in [5, 5.41) is 16.4. The highest BCUT2D eigenvalue weighted by Crippen LogP contribution is 2.27. The number of carbonyl (C=O) groups excluding carboxylic acids is 2. The number of guanidine groups is 1. The van der Waals surface area contributed by atoms with Crippen molar-refractivity contribution in [3.8, 4) is 0 Å². The van der Waals surface area contributed by atoms with E-state index in [9.17, 15) is 19.7 Å². The zero-order valence-electron chi connectivity index (χ0n) is 13.6. The molecule has 10 heteroatoms. The van der Waals surface area contributed by atoms with Gasteiger partial charge in [-0.3, -0.25) is 30.3 Å². The minimum absolute atomic E-state index is 0.00725. The summed E-state index contributed by atoms with van der Waals surface area (Å²) in [7, 11) is 0. The molecule has 0 bridgehead atoms. The maximum atomic E-state index is 12.3. The minimum atomic E-state index is -0.650. The number of hydrogen-bond donors (Lipinski definition) is 2. The van der Waals surface area contributed by atoms with E-state index in [-0.39, 0.29) is 34.6 Å². The third-order valence-corrected chi connectivity index (χ3v) is 4.54. The fraction of sp³-hybridized carbons (Fsp3) is 0.118. The zero-order valence-corrected chi connectivity index (χ0v) is 15.1. The maximum absolute atomic E-state index is 12.3. The lowest BCUT2D eigenvalue weighted by atomic mass is 10.0. The molecular weight excluding hydrogens is 395 g/mol. The van der Waals surface area contributed by atoms with Crippen LogP contribution >= 0.6 is 23.2 Å². The number of rotatable bonds is 3. The lowest BCUT2D eigenvalue weighted by Crippen LogP contribution is -2.47. The second kappa shape index (κ2) is 7.73. The van der Waals surface area contributed by atoms with Crippen molar-refractivity contribution < 1.29 is 14.5 Å². The van der Waals surface area contributed by atoms with Gasteiger partial charge in [-0.1, -0.05) is 35.3 Å². The first-order chi connectivity index (χ1) is 12.8. The number of nitro groups is 1. The first-order valence-corrected chi connectivity index (χ1v) is 8.47. The standard InChI is InChI=1S/C17H12Cl2N4O4/c18-12-5-4-10(7-13(12)19)16(25)22-17-20-14(8-15(24)21-17)9-2-1-3-11(6-9)23(26)27/h1-7,14H,8H2,(H2,20,21,22,24,25). The average molecular weight is 407 g/mol. The summed E-state index contributed by atoms with van der Waals surface area (Å²) in [6.45, 7) is 0. The molecule has 3 rings (SSSR count). The molecule has 27 heavy (non-hydrogen) atoms. The summed E-state index contributed by atoms with van der Waals surface area (Å²) >= 11 is 11.7. The number of nitro benzene ring substituents is 1. The van der Waals surface area contributed by atoms with Crippen LogP contribution in [-0.2, 0) is 4.79 Å². The molecule has 0 saturated heterocycles. The first kappa shape index (κ1) is 18.8. The number of halogens is 2. The Labute approximate surface area is 163 Å². The van der Waals surface area contributed by atoms with E-state index in [4.69, 9.17) is 23.2 Å². The summed E-state index contributed by atoms with van der Waals surface area (Å²) in [6, 6.07) is 9.56. The van der Waals surface area contributed by atoms with Crippen LogP contribution in [0, 0.1) is 10.1 Å². The Balaban J connectivity index is 1.83. The smallest absolute Gasteiger partial charge is 0.269 e. The molecule has 1 aliphatic heterocycles. The van der Waals surface area contributed by atoms with Gasteiger partial charge < -0.3 is 0 Å². The topological polar surface area (TPSA) is 114 Å². The summed E-state index contributed by atoms with van der Waals surface area (Å²) < 4.78 is 0. The molecule has 0 aliphatic carbocycles. The van der Waals surface area contributed by atoms with Crippen LogP contribution in [0.3, 0.4) is 0 Å².